The average Bonchev–Trinajstić information content (AvgIpc) is 3.54. The molecular weight excluding hydrogens is 646 g/mol. The summed E-state index contributed by atoms with van der Waals surface area (Å²) in [6, 6.07) is 24.2. The Kier molecular flexibility index (Phi) is 9.60. The number of rotatable bonds is 9. The van der Waals surface area contributed by atoms with Crippen molar-refractivity contribution in [3.05, 3.63) is 105 Å². The highest BCUT2D eigenvalue weighted by molar-refractivity contribution is 7.92. The molecule has 2 fully saturated rings. The van der Waals surface area contributed by atoms with Crippen LogP contribution >= 0.6 is 22.9 Å². The molecule has 0 bridgehead atoms. The van der Waals surface area contributed by atoms with Gasteiger partial charge < -0.3 is 9.80 Å². The summed E-state index contributed by atoms with van der Waals surface area (Å²) in [5.74, 6) is -0.786. The Bertz CT molecular complexity index is 1820. The second-order valence-corrected chi connectivity index (χ2v) is 14.8. The Labute approximate surface area is 277 Å². The highest BCUT2D eigenvalue weighted by Gasteiger charge is 2.31. The lowest BCUT2D eigenvalue weighted by molar-refractivity contribution is -0.383. The van der Waals surface area contributed by atoms with Gasteiger partial charge in [-0.1, -0.05) is 59.3 Å². The molecule has 10 nitrogen and oxygen atoms in total. The predicted molar refractivity (Wildman–Crippen MR) is 183 cm³/mol. The Hall–Kier alpha value is -3.97. The summed E-state index contributed by atoms with van der Waals surface area (Å²) >= 11 is 6.92. The minimum Gasteiger partial charge on any atom is -0.369 e. The second-order valence-electron chi connectivity index (χ2n) is 11.5. The van der Waals surface area contributed by atoms with E-state index in [1.165, 1.54) is 11.1 Å². The first-order valence-electron chi connectivity index (χ1n) is 15.2. The number of anilines is 2. The third-order valence-electron chi connectivity index (χ3n) is 8.44. The van der Waals surface area contributed by atoms with E-state index in [9.17, 15) is 23.3 Å². The lowest BCUT2D eigenvalue weighted by atomic mass is 9.99. The lowest BCUT2D eigenvalue weighted by Crippen LogP contribution is -2.46. The number of piperidine rings is 1. The molecule has 2 aliphatic rings. The van der Waals surface area contributed by atoms with Crippen LogP contribution in [0.1, 0.15) is 35.2 Å². The Morgan fingerprint density at radius 3 is 2.22 bits per heavy atom. The smallest absolute Gasteiger partial charge is 0.305 e. The summed E-state index contributed by atoms with van der Waals surface area (Å²) in [7, 11) is -4.30. The standard InChI is InChI=1S/C33H34ClN5O5S2/c34-27-12-8-24(9-13-27)29-7-3-2-6-26(29)23-36-18-20-37(21-19-36)28-14-10-25(11-15-28)32(40)35-46(43,44)31-22-30(39(41)42)33(45-31)38-16-4-1-5-17-38/h2-3,6-15,22H,1,4-5,16-21,23H2,(H,35,40). The van der Waals surface area contributed by atoms with E-state index < -0.39 is 20.9 Å². The molecule has 6 rings (SSSR count). The van der Waals surface area contributed by atoms with Crippen molar-refractivity contribution in [3.8, 4) is 11.1 Å². The van der Waals surface area contributed by atoms with Crippen molar-refractivity contribution in [2.24, 2.45) is 0 Å². The van der Waals surface area contributed by atoms with Gasteiger partial charge in [0.15, 0.2) is 5.00 Å². The third kappa shape index (κ3) is 7.20. The Morgan fingerprint density at radius 1 is 0.870 bits per heavy atom. The van der Waals surface area contributed by atoms with Gasteiger partial charge in [-0.2, -0.15) is 0 Å². The number of hydrogen-bond donors (Lipinski definition) is 1. The van der Waals surface area contributed by atoms with Gasteiger partial charge in [0.05, 0.1) is 4.92 Å². The fourth-order valence-corrected chi connectivity index (χ4v) is 8.53. The molecule has 240 valence electrons. The topological polar surface area (TPSA) is 116 Å². The molecule has 0 unspecified atom stereocenters. The third-order valence-corrected chi connectivity index (χ3v) is 11.7. The number of nitrogens with one attached hydrogen (secondary N) is 1. The van der Waals surface area contributed by atoms with Gasteiger partial charge in [0.1, 0.15) is 4.21 Å². The monoisotopic (exact) mass is 679 g/mol. The van der Waals surface area contributed by atoms with Gasteiger partial charge >= 0.3 is 5.69 Å². The first kappa shape index (κ1) is 32.0. The van der Waals surface area contributed by atoms with Crippen molar-refractivity contribution >= 4 is 55.2 Å². The number of nitrogens with zero attached hydrogens (tertiary/aromatic N) is 4. The summed E-state index contributed by atoms with van der Waals surface area (Å²) in [6.07, 6.45) is 2.81. The van der Waals surface area contributed by atoms with Gasteiger partial charge in [-0.3, -0.25) is 19.8 Å². The molecule has 4 aromatic rings. The maximum atomic E-state index is 13.1. The van der Waals surface area contributed by atoms with E-state index in [2.05, 4.69) is 32.7 Å². The molecular formula is C33H34ClN5O5S2. The van der Waals surface area contributed by atoms with Gasteiger partial charge in [0.2, 0.25) is 0 Å². The van der Waals surface area contributed by atoms with Gasteiger partial charge in [-0.25, -0.2) is 13.1 Å². The number of thiophene rings is 1. The zero-order chi connectivity index (χ0) is 32.3. The number of carbonyl (C=O) groups is 1. The number of amides is 1. The minimum absolute atomic E-state index is 0.187. The van der Waals surface area contributed by atoms with Crippen molar-refractivity contribution in [3.63, 3.8) is 0 Å². The van der Waals surface area contributed by atoms with Crippen LogP contribution < -0.4 is 14.5 Å². The molecule has 2 aliphatic heterocycles. The van der Waals surface area contributed by atoms with Crippen LogP contribution in [0.3, 0.4) is 0 Å². The SMILES string of the molecule is O=C(NS(=O)(=O)c1cc([N+](=O)[O-])c(N2CCCCC2)s1)c1ccc(N2CCN(Cc3ccccc3-c3ccc(Cl)cc3)CC2)cc1. The molecule has 0 saturated carbocycles. The first-order chi connectivity index (χ1) is 22.2. The number of sulfonamides is 1. The number of halogens is 1. The van der Waals surface area contributed by atoms with E-state index in [4.69, 9.17) is 11.6 Å². The molecule has 0 radical (unpaired) electrons. The zero-order valence-electron chi connectivity index (χ0n) is 25.1. The van der Waals surface area contributed by atoms with E-state index in [0.717, 1.165) is 80.6 Å². The molecule has 0 spiro atoms. The number of nitro groups is 1. The summed E-state index contributed by atoms with van der Waals surface area (Å²) in [5, 5.41) is 12.7. The molecule has 1 amide bonds. The number of benzene rings is 3. The second kappa shape index (κ2) is 13.8. The molecule has 13 heteroatoms. The molecule has 0 aliphatic carbocycles. The van der Waals surface area contributed by atoms with Gasteiger partial charge in [0, 0.05) is 68.2 Å². The fourth-order valence-electron chi connectivity index (χ4n) is 5.97. The molecule has 3 heterocycles. The van der Waals surface area contributed by atoms with E-state index in [-0.39, 0.29) is 15.5 Å². The number of piperazine rings is 1. The summed E-state index contributed by atoms with van der Waals surface area (Å²) in [4.78, 5) is 30.6. The summed E-state index contributed by atoms with van der Waals surface area (Å²) in [6.45, 7) is 5.43. The lowest BCUT2D eigenvalue weighted by Gasteiger charge is -2.36. The first-order valence-corrected chi connectivity index (χ1v) is 17.9. The van der Waals surface area contributed by atoms with Gasteiger partial charge in [0.25, 0.3) is 15.9 Å². The fraction of sp³-hybridized carbons (Fsp3) is 0.303. The van der Waals surface area contributed by atoms with Crippen molar-refractivity contribution in [1.29, 1.82) is 0 Å². The van der Waals surface area contributed by atoms with Crippen LogP contribution in [-0.2, 0) is 16.6 Å². The average molecular weight is 680 g/mol. The van der Waals surface area contributed by atoms with E-state index in [0.29, 0.717) is 23.1 Å². The maximum Gasteiger partial charge on any atom is 0.305 e. The molecule has 3 aromatic carbocycles. The van der Waals surface area contributed by atoms with Crippen LogP contribution in [0.2, 0.25) is 5.02 Å². The van der Waals surface area contributed by atoms with E-state index >= 15 is 0 Å². The number of carbonyl (C=O) groups excluding carboxylic acids is 1. The van der Waals surface area contributed by atoms with Gasteiger partial charge in [-0.05, 0) is 72.4 Å². The highest BCUT2D eigenvalue weighted by Crippen LogP contribution is 2.41. The quantitative estimate of drug-likeness (QED) is 0.159. The Balaban J connectivity index is 1.06. The highest BCUT2D eigenvalue weighted by atomic mass is 35.5. The van der Waals surface area contributed by atoms with Crippen molar-refractivity contribution < 1.29 is 18.1 Å². The largest absolute Gasteiger partial charge is 0.369 e. The van der Waals surface area contributed by atoms with Gasteiger partial charge in [-0.15, -0.1) is 0 Å². The molecule has 2 saturated heterocycles. The zero-order valence-corrected chi connectivity index (χ0v) is 27.5. The predicted octanol–water partition coefficient (Wildman–Crippen LogP) is 6.41. The van der Waals surface area contributed by atoms with Crippen molar-refractivity contribution in [2.75, 3.05) is 49.1 Å². The summed E-state index contributed by atoms with van der Waals surface area (Å²) < 4.78 is 28.0. The molecule has 46 heavy (non-hydrogen) atoms. The molecule has 1 aromatic heterocycles. The van der Waals surface area contributed by atoms with Crippen molar-refractivity contribution in [1.82, 2.24) is 9.62 Å². The molecule has 0 atom stereocenters. The van der Waals surface area contributed by atoms with Crippen molar-refractivity contribution in [2.45, 2.75) is 30.0 Å². The Morgan fingerprint density at radius 2 is 1.54 bits per heavy atom. The molecule has 1 N–H and O–H groups in total. The maximum absolute atomic E-state index is 13.1. The van der Waals surface area contributed by atoms with E-state index in [1.807, 2.05) is 47.4 Å². The van der Waals surface area contributed by atoms with E-state index in [1.54, 1.807) is 12.1 Å². The van der Waals surface area contributed by atoms with Crippen LogP contribution in [0.25, 0.3) is 11.1 Å². The number of hydrogen-bond acceptors (Lipinski definition) is 9. The van der Waals surface area contributed by atoms with Crippen LogP contribution in [0.15, 0.2) is 83.1 Å². The normalized spacial score (nSPS) is 15.9. The minimum atomic E-state index is -4.30. The van der Waals surface area contributed by atoms with Crippen LogP contribution in [0.4, 0.5) is 16.4 Å². The van der Waals surface area contributed by atoms with Crippen LogP contribution in [0, 0.1) is 10.1 Å². The van der Waals surface area contributed by atoms with Crippen LogP contribution in [-0.4, -0.2) is 63.4 Å². The summed E-state index contributed by atoms with van der Waals surface area (Å²) in [5.41, 5.74) is 4.46. The van der Waals surface area contributed by atoms with Crippen LogP contribution in [0.5, 0.6) is 0 Å².